The highest BCUT2D eigenvalue weighted by atomic mass is 32.2. The number of nitrogens with one attached hydrogen (secondary N) is 2. The summed E-state index contributed by atoms with van der Waals surface area (Å²) in [7, 11) is 0. The van der Waals surface area contributed by atoms with Crippen molar-refractivity contribution in [1.82, 2.24) is 15.2 Å². The molecule has 106 valence electrons. The molecule has 0 aliphatic rings. The lowest BCUT2D eigenvalue weighted by Crippen LogP contribution is -2.22. The summed E-state index contributed by atoms with van der Waals surface area (Å²) in [4.78, 5) is 16.0. The van der Waals surface area contributed by atoms with Crippen LogP contribution in [0.25, 0.3) is 0 Å². The topological polar surface area (TPSA) is 79.9 Å². The first-order valence-corrected chi connectivity index (χ1v) is 7.12. The van der Waals surface area contributed by atoms with Crippen molar-refractivity contribution in [2.75, 3.05) is 11.9 Å². The number of aromatic amines is 1. The van der Waals surface area contributed by atoms with Gasteiger partial charge in [0.1, 0.15) is 12.1 Å². The lowest BCUT2D eigenvalue weighted by Gasteiger charge is -2.11. The Bertz CT molecular complexity index is 542. The molecular weight excluding hydrogens is 276 g/mol. The van der Waals surface area contributed by atoms with Crippen molar-refractivity contribution in [3.8, 4) is 5.75 Å². The number of thioether (sulfide) groups is 1. The lowest BCUT2D eigenvalue weighted by molar-refractivity contribution is -0.115. The Morgan fingerprint density at radius 3 is 2.80 bits per heavy atom. The first-order valence-electron chi connectivity index (χ1n) is 6.24. The first kappa shape index (κ1) is 14.4. The van der Waals surface area contributed by atoms with Gasteiger partial charge in [-0.2, -0.15) is 5.10 Å². The van der Waals surface area contributed by atoms with Crippen molar-refractivity contribution in [2.45, 2.75) is 24.3 Å². The molecule has 0 bridgehead atoms. The molecule has 20 heavy (non-hydrogen) atoms. The van der Waals surface area contributed by atoms with Crippen LogP contribution >= 0.6 is 11.8 Å². The second kappa shape index (κ2) is 6.95. The third-order valence-electron chi connectivity index (χ3n) is 2.48. The zero-order chi connectivity index (χ0) is 14.4. The van der Waals surface area contributed by atoms with E-state index in [1.54, 1.807) is 0 Å². The Hall–Kier alpha value is -2.02. The van der Waals surface area contributed by atoms with E-state index >= 15 is 0 Å². The molecule has 1 atom stereocenters. The molecule has 0 spiro atoms. The lowest BCUT2D eigenvalue weighted by atomic mass is 10.3. The van der Waals surface area contributed by atoms with Crippen molar-refractivity contribution in [3.05, 3.63) is 30.6 Å². The van der Waals surface area contributed by atoms with E-state index in [9.17, 15) is 4.79 Å². The number of amides is 1. The van der Waals surface area contributed by atoms with Gasteiger partial charge in [-0.15, -0.1) is 0 Å². The molecule has 1 heterocycles. The molecule has 0 aliphatic carbocycles. The number of hydrogen-bond donors (Lipinski definition) is 2. The monoisotopic (exact) mass is 292 g/mol. The fraction of sp³-hybridized carbons (Fsp3) is 0.308. The molecule has 0 unspecified atom stereocenters. The summed E-state index contributed by atoms with van der Waals surface area (Å²) in [6.45, 7) is 4.37. The van der Waals surface area contributed by atoms with Crippen LogP contribution in [-0.4, -0.2) is 32.9 Å². The summed E-state index contributed by atoms with van der Waals surface area (Å²) in [6, 6.07) is 7.28. The van der Waals surface area contributed by atoms with Crippen molar-refractivity contribution >= 4 is 23.4 Å². The van der Waals surface area contributed by atoms with E-state index in [1.807, 2.05) is 38.1 Å². The van der Waals surface area contributed by atoms with E-state index in [0.29, 0.717) is 11.8 Å². The maximum absolute atomic E-state index is 12.0. The second-order valence-electron chi connectivity index (χ2n) is 4.00. The van der Waals surface area contributed by atoms with E-state index in [-0.39, 0.29) is 11.2 Å². The van der Waals surface area contributed by atoms with Gasteiger partial charge in [0, 0.05) is 5.69 Å². The largest absolute Gasteiger partial charge is 0.494 e. The minimum Gasteiger partial charge on any atom is -0.494 e. The SMILES string of the molecule is CCOc1ccc(NC(=O)[C@H](C)Sc2ncn[nH]2)cc1. The molecule has 6 nitrogen and oxygen atoms in total. The number of rotatable bonds is 6. The highest BCUT2D eigenvalue weighted by Gasteiger charge is 2.15. The molecule has 0 saturated carbocycles. The van der Waals surface area contributed by atoms with Gasteiger partial charge in [-0.3, -0.25) is 9.89 Å². The minimum absolute atomic E-state index is 0.0874. The zero-order valence-electron chi connectivity index (χ0n) is 11.3. The van der Waals surface area contributed by atoms with Crippen LogP contribution in [0.5, 0.6) is 5.75 Å². The zero-order valence-corrected chi connectivity index (χ0v) is 12.1. The highest BCUT2D eigenvalue weighted by molar-refractivity contribution is 8.00. The van der Waals surface area contributed by atoms with Crippen molar-refractivity contribution < 1.29 is 9.53 Å². The van der Waals surface area contributed by atoms with Crippen molar-refractivity contribution in [2.24, 2.45) is 0 Å². The van der Waals surface area contributed by atoms with Crippen LogP contribution in [0.2, 0.25) is 0 Å². The molecule has 0 saturated heterocycles. The Kier molecular flexibility index (Phi) is 5.00. The summed E-state index contributed by atoms with van der Waals surface area (Å²) >= 11 is 1.32. The first-order chi connectivity index (χ1) is 9.69. The number of H-pyrrole nitrogens is 1. The molecule has 2 N–H and O–H groups in total. The summed E-state index contributed by atoms with van der Waals surface area (Å²) in [5.41, 5.74) is 0.739. The standard InChI is InChI=1S/C13H16N4O2S/c1-3-19-11-6-4-10(5-7-11)16-12(18)9(2)20-13-14-8-15-17-13/h4-9H,3H2,1-2H3,(H,16,18)(H,14,15,17)/t9-/m0/s1. The Balaban J connectivity index is 1.90. The molecule has 2 aromatic rings. The van der Waals surface area contributed by atoms with Crippen molar-refractivity contribution in [3.63, 3.8) is 0 Å². The Morgan fingerprint density at radius 1 is 1.45 bits per heavy atom. The fourth-order valence-corrected chi connectivity index (χ4v) is 2.23. The normalized spacial score (nSPS) is 11.9. The number of ether oxygens (including phenoxy) is 1. The van der Waals surface area contributed by atoms with Gasteiger partial charge < -0.3 is 10.1 Å². The van der Waals surface area contributed by atoms with E-state index in [4.69, 9.17) is 4.74 Å². The molecule has 0 radical (unpaired) electrons. The average Bonchev–Trinajstić information content (AvgIpc) is 2.94. The van der Waals surface area contributed by atoms with Gasteiger partial charge in [0.05, 0.1) is 11.9 Å². The smallest absolute Gasteiger partial charge is 0.237 e. The van der Waals surface area contributed by atoms with Crippen LogP contribution in [0.15, 0.2) is 35.7 Å². The van der Waals surface area contributed by atoms with Crippen molar-refractivity contribution in [1.29, 1.82) is 0 Å². The van der Waals surface area contributed by atoms with E-state index in [1.165, 1.54) is 18.1 Å². The quantitative estimate of drug-likeness (QED) is 0.799. The van der Waals surface area contributed by atoms with Crippen LogP contribution in [0.1, 0.15) is 13.8 Å². The number of carbonyl (C=O) groups excluding carboxylic acids is 1. The fourth-order valence-electron chi connectivity index (χ4n) is 1.52. The third kappa shape index (κ3) is 3.99. The summed E-state index contributed by atoms with van der Waals surface area (Å²) in [5.74, 6) is 0.699. The number of anilines is 1. The summed E-state index contributed by atoms with van der Waals surface area (Å²) in [5, 5.41) is 9.66. The van der Waals surface area contributed by atoms with Gasteiger partial charge >= 0.3 is 0 Å². The van der Waals surface area contributed by atoms with Gasteiger partial charge in [-0.25, -0.2) is 4.98 Å². The number of carbonyl (C=O) groups is 1. The molecule has 1 aromatic carbocycles. The average molecular weight is 292 g/mol. The van der Waals surface area contributed by atoms with Crippen LogP contribution in [0.3, 0.4) is 0 Å². The van der Waals surface area contributed by atoms with Crippen LogP contribution < -0.4 is 10.1 Å². The van der Waals surface area contributed by atoms with E-state index in [0.717, 1.165) is 11.4 Å². The van der Waals surface area contributed by atoms with E-state index < -0.39 is 0 Å². The third-order valence-corrected chi connectivity index (χ3v) is 3.47. The maximum Gasteiger partial charge on any atom is 0.237 e. The summed E-state index contributed by atoms with van der Waals surface area (Å²) in [6.07, 6.45) is 1.42. The summed E-state index contributed by atoms with van der Waals surface area (Å²) < 4.78 is 5.35. The number of nitrogens with zero attached hydrogens (tertiary/aromatic N) is 2. The Morgan fingerprint density at radius 2 is 2.20 bits per heavy atom. The maximum atomic E-state index is 12.0. The molecular formula is C13H16N4O2S. The Labute approximate surface area is 121 Å². The van der Waals surface area contributed by atoms with Gasteiger partial charge in [0.2, 0.25) is 5.91 Å². The number of aromatic nitrogens is 3. The van der Waals surface area contributed by atoms with Crippen LogP contribution in [-0.2, 0) is 4.79 Å². The molecule has 0 aliphatic heterocycles. The predicted octanol–water partition coefficient (Wildman–Crippen LogP) is 2.32. The predicted molar refractivity (Wildman–Crippen MR) is 77.9 cm³/mol. The number of benzene rings is 1. The van der Waals surface area contributed by atoms with Crippen LogP contribution in [0, 0.1) is 0 Å². The van der Waals surface area contributed by atoms with Gasteiger partial charge in [-0.1, -0.05) is 11.8 Å². The van der Waals surface area contributed by atoms with Gasteiger partial charge in [-0.05, 0) is 38.1 Å². The molecule has 7 heteroatoms. The molecule has 1 aromatic heterocycles. The molecule has 1 amide bonds. The van der Waals surface area contributed by atoms with Gasteiger partial charge in [0.15, 0.2) is 5.16 Å². The highest BCUT2D eigenvalue weighted by Crippen LogP contribution is 2.21. The van der Waals surface area contributed by atoms with Crippen LogP contribution in [0.4, 0.5) is 5.69 Å². The minimum atomic E-state index is -0.269. The van der Waals surface area contributed by atoms with E-state index in [2.05, 4.69) is 20.5 Å². The second-order valence-corrected chi connectivity index (χ2v) is 5.33. The molecule has 2 rings (SSSR count). The number of hydrogen-bond acceptors (Lipinski definition) is 5. The van der Waals surface area contributed by atoms with Gasteiger partial charge in [0.25, 0.3) is 0 Å². The molecule has 0 fully saturated rings.